The summed E-state index contributed by atoms with van der Waals surface area (Å²) in [5, 5.41) is 0. The Morgan fingerprint density at radius 3 is 2.28 bits per heavy atom. The number of rotatable bonds is 3. The van der Waals surface area contributed by atoms with Gasteiger partial charge in [-0.1, -0.05) is 24.3 Å². The summed E-state index contributed by atoms with van der Waals surface area (Å²) in [5.74, 6) is -1.05. The van der Waals surface area contributed by atoms with Crippen LogP contribution in [0.3, 0.4) is 0 Å². The Morgan fingerprint density at radius 1 is 1.00 bits per heavy atom. The second-order valence-corrected chi connectivity index (χ2v) is 5.77. The van der Waals surface area contributed by atoms with Gasteiger partial charge in [0.05, 0.1) is 0 Å². The first kappa shape index (κ1) is 13.0. The molecule has 0 aliphatic rings. The third-order valence-corrected chi connectivity index (χ3v) is 4.39. The molecular weight excluding hydrogens is 323 g/mol. The molecule has 0 N–H and O–H groups in total. The van der Waals surface area contributed by atoms with Crippen molar-refractivity contribution in [3.63, 3.8) is 0 Å². The van der Waals surface area contributed by atoms with Gasteiger partial charge in [-0.15, -0.1) is 0 Å². The molecule has 0 spiro atoms. The largest absolute Gasteiger partial charge is 0.376 e. The summed E-state index contributed by atoms with van der Waals surface area (Å²) in [6.07, 6.45) is 0. The number of benzene rings is 2. The fraction of sp³-hybridized carbons (Fsp3) is 0. The van der Waals surface area contributed by atoms with Crippen LogP contribution >= 0.6 is 15.9 Å². The van der Waals surface area contributed by atoms with Crippen LogP contribution in [-0.2, 0) is 10.1 Å². The van der Waals surface area contributed by atoms with E-state index in [1.54, 1.807) is 18.2 Å². The summed E-state index contributed by atoms with van der Waals surface area (Å²) in [7, 11) is -4.05. The Balaban J connectivity index is 2.40. The summed E-state index contributed by atoms with van der Waals surface area (Å²) in [4.78, 5) is -0.0479. The van der Waals surface area contributed by atoms with Crippen molar-refractivity contribution in [1.29, 1.82) is 0 Å². The summed E-state index contributed by atoms with van der Waals surface area (Å²) in [6.45, 7) is 0. The second kappa shape index (κ2) is 5.07. The van der Waals surface area contributed by atoms with Crippen molar-refractivity contribution in [3.8, 4) is 5.75 Å². The normalized spacial score (nSPS) is 11.2. The van der Waals surface area contributed by atoms with Gasteiger partial charge in [0, 0.05) is 4.47 Å². The second-order valence-electron chi connectivity index (χ2n) is 3.40. The molecule has 0 fully saturated rings. The highest BCUT2D eigenvalue weighted by Gasteiger charge is 2.20. The lowest BCUT2D eigenvalue weighted by Crippen LogP contribution is -2.11. The molecule has 0 aliphatic heterocycles. The van der Waals surface area contributed by atoms with Crippen LogP contribution in [0.15, 0.2) is 57.9 Å². The van der Waals surface area contributed by atoms with Gasteiger partial charge in [0.15, 0.2) is 11.6 Å². The zero-order valence-corrected chi connectivity index (χ0v) is 11.4. The molecule has 94 valence electrons. The summed E-state index contributed by atoms with van der Waals surface area (Å²) in [5.41, 5.74) is 0. The van der Waals surface area contributed by atoms with Crippen LogP contribution in [0.4, 0.5) is 4.39 Å². The maximum Gasteiger partial charge on any atom is 0.340 e. The molecule has 0 bridgehead atoms. The van der Waals surface area contributed by atoms with Gasteiger partial charge in [-0.25, -0.2) is 4.39 Å². The fourth-order valence-corrected chi connectivity index (χ4v) is 3.22. The van der Waals surface area contributed by atoms with Crippen LogP contribution in [0.2, 0.25) is 0 Å². The third-order valence-electron chi connectivity index (χ3n) is 2.14. The van der Waals surface area contributed by atoms with Crippen molar-refractivity contribution >= 4 is 26.0 Å². The lowest BCUT2D eigenvalue weighted by molar-refractivity contribution is 0.461. The van der Waals surface area contributed by atoms with E-state index in [0.717, 1.165) is 6.07 Å². The summed E-state index contributed by atoms with van der Waals surface area (Å²) < 4.78 is 42.4. The Labute approximate surface area is 112 Å². The van der Waals surface area contributed by atoms with Gasteiger partial charge < -0.3 is 4.18 Å². The van der Waals surface area contributed by atoms with E-state index in [2.05, 4.69) is 15.9 Å². The predicted octanol–water partition coefficient (Wildman–Crippen LogP) is 3.36. The first-order valence-corrected chi connectivity index (χ1v) is 7.14. The van der Waals surface area contributed by atoms with E-state index in [1.807, 2.05) is 0 Å². The zero-order chi connectivity index (χ0) is 13.2. The molecule has 18 heavy (non-hydrogen) atoms. The molecule has 0 aliphatic carbocycles. The van der Waals surface area contributed by atoms with Gasteiger partial charge in [0.1, 0.15) is 4.90 Å². The van der Waals surface area contributed by atoms with Gasteiger partial charge in [0.25, 0.3) is 0 Å². The van der Waals surface area contributed by atoms with Crippen LogP contribution in [-0.4, -0.2) is 8.42 Å². The van der Waals surface area contributed by atoms with Gasteiger partial charge in [-0.2, -0.15) is 8.42 Å². The zero-order valence-electron chi connectivity index (χ0n) is 9.01. The monoisotopic (exact) mass is 330 g/mol. The first-order chi connectivity index (χ1) is 8.50. The van der Waals surface area contributed by atoms with Crippen LogP contribution in [0.5, 0.6) is 5.75 Å². The van der Waals surface area contributed by atoms with E-state index in [4.69, 9.17) is 4.18 Å². The van der Waals surface area contributed by atoms with Crippen molar-refractivity contribution in [1.82, 2.24) is 0 Å². The number of para-hydroxylation sites is 1. The first-order valence-electron chi connectivity index (χ1n) is 4.94. The quantitative estimate of drug-likeness (QED) is 0.810. The minimum atomic E-state index is -4.05. The van der Waals surface area contributed by atoms with Crippen LogP contribution in [0.25, 0.3) is 0 Å². The van der Waals surface area contributed by atoms with Crippen LogP contribution < -0.4 is 4.18 Å². The summed E-state index contributed by atoms with van der Waals surface area (Å²) >= 11 is 3.11. The third kappa shape index (κ3) is 2.70. The lowest BCUT2D eigenvalue weighted by atomic mass is 10.3. The van der Waals surface area contributed by atoms with Crippen molar-refractivity contribution < 1.29 is 17.0 Å². The molecule has 0 amide bonds. The molecule has 0 aromatic heterocycles. The SMILES string of the molecule is O=S(=O)(Oc1ccccc1F)c1ccccc1Br. The van der Waals surface area contributed by atoms with Gasteiger partial charge in [-0.3, -0.25) is 0 Å². The molecule has 0 saturated carbocycles. The predicted molar refractivity (Wildman–Crippen MR) is 68.4 cm³/mol. The molecule has 0 saturated heterocycles. The van der Waals surface area contributed by atoms with E-state index < -0.39 is 15.9 Å². The van der Waals surface area contributed by atoms with E-state index in [0.29, 0.717) is 4.47 Å². The Hall–Kier alpha value is -1.40. The fourth-order valence-electron chi connectivity index (χ4n) is 1.32. The van der Waals surface area contributed by atoms with E-state index in [9.17, 15) is 12.8 Å². The Kier molecular flexibility index (Phi) is 3.68. The molecule has 0 heterocycles. The number of halogens is 2. The van der Waals surface area contributed by atoms with E-state index in [1.165, 1.54) is 24.3 Å². The smallest absolute Gasteiger partial charge is 0.340 e. The Bertz CT molecular complexity index is 671. The molecule has 0 atom stereocenters. The maximum atomic E-state index is 13.3. The Morgan fingerprint density at radius 2 is 1.61 bits per heavy atom. The lowest BCUT2D eigenvalue weighted by Gasteiger charge is -2.08. The number of hydrogen-bond acceptors (Lipinski definition) is 3. The average Bonchev–Trinajstić information content (AvgIpc) is 2.32. The molecule has 3 nitrogen and oxygen atoms in total. The molecule has 2 aromatic rings. The molecule has 2 aromatic carbocycles. The van der Waals surface area contributed by atoms with Gasteiger partial charge in [0.2, 0.25) is 0 Å². The highest BCUT2D eigenvalue weighted by molar-refractivity contribution is 9.10. The van der Waals surface area contributed by atoms with Gasteiger partial charge in [-0.05, 0) is 40.2 Å². The van der Waals surface area contributed by atoms with Crippen molar-refractivity contribution in [2.75, 3.05) is 0 Å². The summed E-state index contributed by atoms with van der Waals surface area (Å²) in [6, 6.07) is 11.5. The van der Waals surface area contributed by atoms with Crippen molar-refractivity contribution in [3.05, 3.63) is 58.8 Å². The standard InChI is InChI=1S/C12H8BrFO3S/c13-9-5-1-4-8-12(9)18(15,16)17-11-7-3-2-6-10(11)14/h1-8H. The minimum absolute atomic E-state index is 0.0479. The minimum Gasteiger partial charge on any atom is -0.376 e. The van der Waals surface area contributed by atoms with Gasteiger partial charge >= 0.3 is 10.1 Å². The van der Waals surface area contributed by atoms with E-state index in [-0.39, 0.29) is 10.6 Å². The topological polar surface area (TPSA) is 43.4 Å². The maximum absolute atomic E-state index is 13.3. The molecule has 0 unspecified atom stereocenters. The van der Waals surface area contributed by atoms with Crippen molar-refractivity contribution in [2.24, 2.45) is 0 Å². The molecule has 6 heteroatoms. The number of hydrogen-bond donors (Lipinski definition) is 0. The average molecular weight is 331 g/mol. The van der Waals surface area contributed by atoms with Crippen LogP contribution in [0.1, 0.15) is 0 Å². The molecular formula is C12H8BrFO3S. The highest BCUT2D eigenvalue weighted by atomic mass is 79.9. The molecule has 0 radical (unpaired) electrons. The van der Waals surface area contributed by atoms with Crippen LogP contribution in [0, 0.1) is 5.82 Å². The highest BCUT2D eigenvalue weighted by Crippen LogP contribution is 2.26. The van der Waals surface area contributed by atoms with E-state index >= 15 is 0 Å². The molecule has 2 rings (SSSR count). The van der Waals surface area contributed by atoms with Crippen molar-refractivity contribution in [2.45, 2.75) is 4.90 Å².